The number of nitrogen functional groups attached to an aromatic ring is 1. The van der Waals surface area contributed by atoms with Crippen LogP contribution in [-0.4, -0.2) is 76.5 Å². The molecule has 1 aliphatic heterocycles. The zero-order valence-electron chi connectivity index (χ0n) is 16.9. The fourth-order valence-corrected chi connectivity index (χ4v) is 3.22. The third-order valence-electron chi connectivity index (χ3n) is 5.28. The molecule has 9 nitrogen and oxygen atoms in total. The van der Waals surface area contributed by atoms with Gasteiger partial charge in [-0.25, -0.2) is 0 Å². The van der Waals surface area contributed by atoms with Crippen LogP contribution in [0.3, 0.4) is 0 Å². The van der Waals surface area contributed by atoms with Gasteiger partial charge in [-0.2, -0.15) is 0 Å². The van der Waals surface area contributed by atoms with Gasteiger partial charge in [-0.1, -0.05) is 12.1 Å². The van der Waals surface area contributed by atoms with Gasteiger partial charge in [0.2, 0.25) is 0 Å². The van der Waals surface area contributed by atoms with Crippen LogP contribution in [0.25, 0.3) is 0 Å². The second-order valence-corrected chi connectivity index (χ2v) is 7.85. The third kappa shape index (κ3) is 7.61. The molecule has 9 heteroatoms. The fraction of sp³-hybridized carbons (Fsp3) is 0.684. The molecule has 1 heterocycles. The summed E-state index contributed by atoms with van der Waals surface area (Å²) in [6.07, 6.45) is 0. The molecule has 0 aliphatic carbocycles. The lowest BCUT2D eigenvalue weighted by Crippen LogP contribution is -2.64. The second-order valence-electron chi connectivity index (χ2n) is 7.85. The summed E-state index contributed by atoms with van der Waals surface area (Å²) < 4.78 is 0. The van der Waals surface area contributed by atoms with Crippen molar-refractivity contribution in [2.75, 3.05) is 71.2 Å². The first-order chi connectivity index (χ1) is 13.5. The summed E-state index contributed by atoms with van der Waals surface area (Å²) in [7, 11) is 0. The maximum absolute atomic E-state index is 6.35. The highest BCUT2D eigenvalue weighted by atomic mass is 15.1. The zero-order valence-corrected chi connectivity index (χ0v) is 16.9. The molecule has 28 heavy (non-hydrogen) atoms. The van der Waals surface area contributed by atoms with Gasteiger partial charge in [0.1, 0.15) is 0 Å². The number of hydrogen-bond acceptors (Lipinski definition) is 9. The van der Waals surface area contributed by atoms with Crippen LogP contribution in [-0.2, 0) is 6.54 Å². The lowest BCUT2D eigenvalue weighted by atomic mass is 9.98. The van der Waals surface area contributed by atoms with Crippen molar-refractivity contribution in [1.29, 1.82) is 0 Å². The Morgan fingerprint density at radius 1 is 0.786 bits per heavy atom. The molecular weight excluding hydrogens is 354 g/mol. The average Bonchev–Trinajstić information content (AvgIpc) is 2.71. The first-order valence-corrected chi connectivity index (χ1v) is 10.1. The Morgan fingerprint density at radius 3 is 1.75 bits per heavy atom. The van der Waals surface area contributed by atoms with E-state index in [1.807, 2.05) is 24.3 Å². The Labute approximate surface area is 168 Å². The van der Waals surface area contributed by atoms with Crippen LogP contribution in [0, 0.1) is 0 Å². The minimum Gasteiger partial charge on any atom is -0.399 e. The summed E-state index contributed by atoms with van der Waals surface area (Å²) in [5.41, 5.74) is 25.5. The first kappa shape index (κ1) is 23.0. The first-order valence-electron chi connectivity index (χ1n) is 10.1. The molecule has 0 spiro atoms. The number of nitrogens with one attached hydrogen (secondary N) is 5. The predicted octanol–water partition coefficient (Wildman–Crippen LogP) is -2.92. The SMILES string of the molecule is NCC1(N)CNCCNCC(CN)(NCc2ccc(N)cc2)CNCCNC1. The largest absolute Gasteiger partial charge is 0.399 e. The van der Waals surface area contributed by atoms with Gasteiger partial charge in [0.05, 0.1) is 11.1 Å². The highest BCUT2D eigenvalue weighted by molar-refractivity contribution is 5.39. The van der Waals surface area contributed by atoms with Gasteiger partial charge in [0.25, 0.3) is 0 Å². The van der Waals surface area contributed by atoms with Crippen molar-refractivity contribution in [2.24, 2.45) is 17.2 Å². The molecule has 13 N–H and O–H groups in total. The van der Waals surface area contributed by atoms with E-state index in [4.69, 9.17) is 22.9 Å². The van der Waals surface area contributed by atoms with Crippen LogP contribution in [0.15, 0.2) is 24.3 Å². The standard InChI is InChI=1S/C19H39N9/c20-10-18(23)12-24-5-7-26-14-19(11-21,15-27-8-6-25-13-18)28-9-16-1-3-17(22)4-2-16/h1-4,24-28H,5-15,20-23H2. The maximum Gasteiger partial charge on any atom is 0.0558 e. The molecule has 1 aromatic rings. The van der Waals surface area contributed by atoms with Gasteiger partial charge in [-0.3, -0.25) is 0 Å². The molecule has 1 fully saturated rings. The van der Waals surface area contributed by atoms with Crippen molar-refractivity contribution >= 4 is 5.69 Å². The minimum absolute atomic E-state index is 0.236. The third-order valence-corrected chi connectivity index (χ3v) is 5.28. The molecular formula is C19H39N9. The summed E-state index contributed by atoms with van der Waals surface area (Å²) in [5.74, 6) is 0. The smallest absolute Gasteiger partial charge is 0.0558 e. The monoisotopic (exact) mass is 393 g/mol. The summed E-state index contributed by atoms with van der Waals surface area (Å²) in [4.78, 5) is 0. The van der Waals surface area contributed by atoms with Gasteiger partial charge < -0.3 is 49.5 Å². The fourth-order valence-electron chi connectivity index (χ4n) is 3.22. The van der Waals surface area contributed by atoms with Crippen LogP contribution in [0.4, 0.5) is 5.69 Å². The lowest BCUT2D eigenvalue weighted by Gasteiger charge is -2.35. The van der Waals surface area contributed by atoms with Crippen molar-refractivity contribution in [1.82, 2.24) is 26.6 Å². The zero-order chi connectivity index (χ0) is 20.3. The number of hydrogen-bond donors (Lipinski definition) is 9. The molecule has 0 radical (unpaired) electrons. The van der Waals surface area contributed by atoms with Crippen LogP contribution in [0.1, 0.15) is 5.56 Å². The highest BCUT2D eigenvalue weighted by Crippen LogP contribution is 2.08. The van der Waals surface area contributed by atoms with E-state index < -0.39 is 5.54 Å². The number of benzene rings is 1. The minimum atomic E-state index is -0.425. The van der Waals surface area contributed by atoms with E-state index in [1.165, 1.54) is 5.56 Å². The van der Waals surface area contributed by atoms with E-state index in [-0.39, 0.29) is 5.54 Å². The molecule has 160 valence electrons. The van der Waals surface area contributed by atoms with Gasteiger partial charge in [0, 0.05) is 77.7 Å². The van der Waals surface area contributed by atoms with Crippen molar-refractivity contribution in [3.8, 4) is 0 Å². The van der Waals surface area contributed by atoms with E-state index in [2.05, 4.69) is 26.6 Å². The quantitative estimate of drug-likeness (QED) is 0.238. The van der Waals surface area contributed by atoms with Crippen LogP contribution in [0.2, 0.25) is 0 Å². The Kier molecular flexibility index (Phi) is 9.56. The van der Waals surface area contributed by atoms with Gasteiger partial charge in [-0.15, -0.1) is 0 Å². The Balaban J connectivity index is 1.93. The Morgan fingerprint density at radius 2 is 1.29 bits per heavy atom. The van der Waals surface area contributed by atoms with Crippen molar-refractivity contribution in [3.05, 3.63) is 29.8 Å². The van der Waals surface area contributed by atoms with Crippen molar-refractivity contribution in [2.45, 2.75) is 17.6 Å². The number of anilines is 1. The van der Waals surface area contributed by atoms with Crippen molar-refractivity contribution < 1.29 is 0 Å². The van der Waals surface area contributed by atoms with E-state index in [0.717, 1.165) is 51.5 Å². The number of nitrogens with two attached hydrogens (primary N) is 4. The van der Waals surface area contributed by atoms with E-state index in [0.29, 0.717) is 26.2 Å². The summed E-state index contributed by atoms with van der Waals surface area (Å²) in [6.45, 7) is 7.93. The summed E-state index contributed by atoms with van der Waals surface area (Å²) >= 11 is 0. The average molecular weight is 394 g/mol. The predicted molar refractivity (Wildman–Crippen MR) is 117 cm³/mol. The van der Waals surface area contributed by atoms with Crippen LogP contribution < -0.4 is 49.5 Å². The molecule has 0 bridgehead atoms. The molecule has 0 amide bonds. The van der Waals surface area contributed by atoms with Gasteiger partial charge in [0.15, 0.2) is 0 Å². The maximum atomic E-state index is 6.35. The Hall–Kier alpha value is -1.30. The summed E-state index contributed by atoms with van der Waals surface area (Å²) in [5, 5.41) is 17.5. The molecule has 2 rings (SSSR count). The molecule has 0 aromatic heterocycles. The molecule has 1 saturated heterocycles. The normalized spacial score (nSPS) is 28.5. The van der Waals surface area contributed by atoms with E-state index in [1.54, 1.807) is 0 Å². The van der Waals surface area contributed by atoms with Crippen molar-refractivity contribution in [3.63, 3.8) is 0 Å². The van der Waals surface area contributed by atoms with Gasteiger partial charge >= 0.3 is 0 Å². The molecule has 0 saturated carbocycles. The Bertz CT molecular complexity index is 533. The van der Waals surface area contributed by atoms with E-state index in [9.17, 15) is 0 Å². The molecule has 0 atom stereocenters. The molecule has 1 aromatic carbocycles. The second kappa shape index (κ2) is 11.6. The van der Waals surface area contributed by atoms with Gasteiger partial charge in [-0.05, 0) is 17.7 Å². The van der Waals surface area contributed by atoms with Crippen LogP contribution >= 0.6 is 0 Å². The summed E-state index contributed by atoms with van der Waals surface area (Å²) in [6, 6.07) is 7.93. The molecule has 0 unspecified atom stereocenters. The number of rotatable bonds is 5. The van der Waals surface area contributed by atoms with Crippen LogP contribution in [0.5, 0.6) is 0 Å². The lowest BCUT2D eigenvalue weighted by molar-refractivity contribution is 0.293. The van der Waals surface area contributed by atoms with E-state index >= 15 is 0 Å². The topological polar surface area (TPSA) is 164 Å². The molecule has 1 aliphatic rings. The highest BCUT2D eigenvalue weighted by Gasteiger charge is 2.28.